The number of carbonyl (C=O) groups excluding carboxylic acids is 1. The molecule has 1 amide bonds. The van der Waals surface area contributed by atoms with Crippen molar-refractivity contribution < 1.29 is 4.79 Å². The van der Waals surface area contributed by atoms with E-state index in [-0.39, 0.29) is 5.91 Å². The first-order valence-electron chi connectivity index (χ1n) is 5.19. The highest BCUT2D eigenvalue weighted by molar-refractivity contribution is 5.98. The zero-order chi connectivity index (χ0) is 11.4. The molecule has 0 radical (unpaired) electrons. The molecular formula is C14H13NO. The van der Waals surface area contributed by atoms with Crippen LogP contribution < -0.4 is 5.32 Å². The molecule has 2 rings (SSSR count). The Balaban J connectivity index is 2.32. The third-order valence-electron chi connectivity index (χ3n) is 2.42. The Morgan fingerprint density at radius 3 is 2.69 bits per heavy atom. The number of rotatable bonds is 3. The van der Waals surface area contributed by atoms with E-state index in [4.69, 9.17) is 0 Å². The van der Waals surface area contributed by atoms with Gasteiger partial charge in [-0.15, -0.1) is 6.58 Å². The predicted molar refractivity (Wildman–Crippen MR) is 66.5 cm³/mol. The molecule has 0 atom stereocenters. The minimum Gasteiger partial charge on any atom is -0.349 e. The van der Waals surface area contributed by atoms with E-state index in [1.807, 2.05) is 42.5 Å². The zero-order valence-electron chi connectivity index (χ0n) is 8.94. The third kappa shape index (κ3) is 2.11. The summed E-state index contributed by atoms with van der Waals surface area (Å²) in [5.74, 6) is -0.0642. The summed E-state index contributed by atoms with van der Waals surface area (Å²) in [5.41, 5.74) is 0.681. The summed E-state index contributed by atoms with van der Waals surface area (Å²) < 4.78 is 0. The van der Waals surface area contributed by atoms with Crippen LogP contribution in [0, 0.1) is 0 Å². The molecule has 0 fully saturated rings. The molecule has 0 aliphatic heterocycles. The number of amides is 1. The molecule has 0 aromatic heterocycles. The Morgan fingerprint density at radius 1 is 1.19 bits per heavy atom. The molecule has 0 aliphatic rings. The minimum atomic E-state index is -0.0642. The van der Waals surface area contributed by atoms with Gasteiger partial charge < -0.3 is 5.32 Å². The summed E-state index contributed by atoms with van der Waals surface area (Å²) in [6, 6.07) is 13.7. The number of hydrogen-bond donors (Lipinski definition) is 1. The van der Waals surface area contributed by atoms with Crippen LogP contribution in [0.15, 0.2) is 55.1 Å². The Hall–Kier alpha value is -2.09. The van der Waals surface area contributed by atoms with Gasteiger partial charge in [-0.05, 0) is 22.9 Å². The number of fused-ring (bicyclic) bond motifs is 1. The van der Waals surface area contributed by atoms with Crippen molar-refractivity contribution in [3.8, 4) is 0 Å². The monoisotopic (exact) mass is 211 g/mol. The van der Waals surface area contributed by atoms with Crippen LogP contribution >= 0.6 is 0 Å². The average Bonchev–Trinajstić information content (AvgIpc) is 2.35. The van der Waals surface area contributed by atoms with Crippen LogP contribution in [0.4, 0.5) is 0 Å². The van der Waals surface area contributed by atoms with Gasteiger partial charge in [-0.2, -0.15) is 0 Å². The van der Waals surface area contributed by atoms with Crippen molar-refractivity contribution in [3.05, 3.63) is 60.7 Å². The summed E-state index contributed by atoms with van der Waals surface area (Å²) in [7, 11) is 0. The van der Waals surface area contributed by atoms with Gasteiger partial charge in [0.2, 0.25) is 0 Å². The normalized spacial score (nSPS) is 10.0. The van der Waals surface area contributed by atoms with Crippen LogP contribution in [-0.4, -0.2) is 12.5 Å². The number of benzene rings is 2. The lowest BCUT2D eigenvalue weighted by Gasteiger charge is -2.03. The largest absolute Gasteiger partial charge is 0.349 e. The molecule has 16 heavy (non-hydrogen) atoms. The van der Waals surface area contributed by atoms with E-state index in [0.717, 1.165) is 10.8 Å². The predicted octanol–water partition coefficient (Wildman–Crippen LogP) is 2.76. The van der Waals surface area contributed by atoms with Crippen LogP contribution in [0.5, 0.6) is 0 Å². The maximum Gasteiger partial charge on any atom is 0.251 e. The van der Waals surface area contributed by atoms with Gasteiger partial charge in [0.1, 0.15) is 0 Å². The van der Waals surface area contributed by atoms with E-state index in [1.54, 1.807) is 6.08 Å². The molecule has 0 saturated carbocycles. The molecule has 0 spiro atoms. The van der Waals surface area contributed by atoms with Crippen LogP contribution in [0.3, 0.4) is 0 Å². The van der Waals surface area contributed by atoms with Crippen molar-refractivity contribution >= 4 is 16.7 Å². The van der Waals surface area contributed by atoms with E-state index in [1.165, 1.54) is 0 Å². The van der Waals surface area contributed by atoms with E-state index in [9.17, 15) is 4.79 Å². The smallest absolute Gasteiger partial charge is 0.251 e. The first kappa shape index (κ1) is 10.4. The van der Waals surface area contributed by atoms with E-state index in [0.29, 0.717) is 12.1 Å². The van der Waals surface area contributed by atoms with Gasteiger partial charge in [0.25, 0.3) is 5.91 Å². The fourth-order valence-corrected chi connectivity index (χ4v) is 1.60. The van der Waals surface area contributed by atoms with Gasteiger partial charge in [0.15, 0.2) is 0 Å². The maximum atomic E-state index is 11.7. The fraction of sp³-hybridized carbons (Fsp3) is 0.0714. The molecule has 2 nitrogen and oxygen atoms in total. The number of hydrogen-bond acceptors (Lipinski definition) is 1. The Morgan fingerprint density at radius 2 is 1.94 bits per heavy atom. The van der Waals surface area contributed by atoms with E-state index in [2.05, 4.69) is 11.9 Å². The van der Waals surface area contributed by atoms with Gasteiger partial charge >= 0.3 is 0 Å². The first-order valence-corrected chi connectivity index (χ1v) is 5.19. The molecule has 0 unspecified atom stereocenters. The molecule has 0 saturated heterocycles. The summed E-state index contributed by atoms with van der Waals surface area (Å²) in [6.07, 6.45) is 1.67. The lowest BCUT2D eigenvalue weighted by Crippen LogP contribution is -2.22. The van der Waals surface area contributed by atoms with Crippen molar-refractivity contribution in [2.45, 2.75) is 0 Å². The lowest BCUT2D eigenvalue weighted by molar-refractivity contribution is 0.0958. The fourth-order valence-electron chi connectivity index (χ4n) is 1.60. The summed E-state index contributed by atoms with van der Waals surface area (Å²) in [5, 5.41) is 4.98. The van der Waals surface area contributed by atoms with Gasteiger partial charge in [-0.25, -0.2) is 0 Å². The highest BCUT2D eigenvalue weighted by Crippen LogP contribution is 2.15. The molecule has 0 heterocycles. The topological polar surface area (TPSA) is 29.1 Å². The molecular weight excluding hydrogens is 198 g/mol. The Kier molecular flexibility index (Phi) is 3.01. The quantitative estimate of drug-likeness (QED) is 0.777. The maximum absolute atomic E-state index is 11.7. The van der Waals surface area contributed by atoms with Crippen molar-refractivity contribution in [2.24, 2.45) is 0 Å². The van der Waals surface area contributed by atoms with Crippen LogP contribution in [0.25, 0.3) is 10.8 Å². The summed E-state index contributed by atoms with van der Waals surface area (Å²) >= 11 is 0. The van der Waals surface area contributed by atoms with Gasteiger partial charge in [-0.3, -0.25) is 4.79 Å². The summed E-state index contributed by atoms with van der Waals surface area (Å²) in [4.78, 5) is 11.7. The van der Waals surface area contributed by atoms with Crippen molar-refractivity contribution in [1.82, 2.24) is 5.32 Å². The second-order valence-corrected chi connectivity index (χ2v) is 3.56. The molecule has 2 heteroatoms. The number of nitrogens with one attached hydrogen (secondary N) is 1. The van der Waals surface area contributed by atoms with Gasteiger partial charge in [0.05, 0.1) is 0 Å². The molecule has 2 aromatic rings. The van der Waals surface area contributed by atoms with Crippen molar-refractivity contribution in [3.63, 3.8) is 0 Å². The second-order valence-electron chi connectivity index (χ2n) is 3.56. The molecule has 1 N–H and O–H groups in total. The van der Waals surface area contributed by atoms with Crippen LogP contribution in [0.1, 0.15) is 10.4 Å². The molecule has 80 valence electrons. The average molecular weight is 211 g/mol. The van der Waals surface area contributed by atoms with Crippen molar-refractivity contribution in [2.75, 3.05) is 6.54 Å². The van der Waals surface area contributed by atoms with Crippen LogP contribution in [-0.2, 0) is 0 Å². The Bertz CT molecular complexity index is 531. The highest BCUT2D eigenvalue weighted by Gasteiger charge is 2.04. The summed E-state index contributed by atoms with van der Waals surface area (Å²) in [6.45, 7) is 4.05. The molecule has 2 aromatic carbocycles. The van der Waals surface area contributed by atoms with Crippen LogP contribution in [0.2, 0.25) is 0 Å². The number of carbonyl (C=O) groups is 1. The Labute approximate surface area is 94.6 Å². The highest BCUT2D eigenvalue weighted by atomic mass is 16.1. The molecule has 0 bridgehead atoms. The standard InChI is InChI=1S/C14H13NO/c1-2-9-15-14(16)13-8-7-11-5-3-4-6-12(11)10-13/h2-8,10H,1,9H2,(H,15,16). The zero-order valence-corrected chi connectivity index (χ0v) is 8.94. The van der Waals surface area contributed by atoms with Crippen molar-refractivity contribution in [1.29, 1.82) is 0 Å². The first-order chi connectivity index (χ1) is 7.81. The minimum absolute atomic E-state index is 0.0642. The van der Waals surface area contributed by atoms with Gasteiger partial charge in [-0.1, -0.05) is 36.4 Å². The SMILES string of the molecule is C=CCNC(=O)c1ccc2ccccc2c1. The second kappa shape index (κ2) is 4.62. The third-order valence-corrected chi connectivity index (χ3v) is 2.42. The van der Waals surface area contributed by atoms with E-state index >= 15 is 0 Å². The lowest BCUT2D eigenvalue weighted by atomic mass is 10.1. The molecule has 0 aliphatic carbocycles. The van der Waals surface area contributed by atoms with E-state index < -0.39 is 0 Å². The van der Waals surface area contributed by atoms with Gasteiger partial charge in [0, 0.05) is 12.1 Å².